The van der Waals surface area contributed by atoms with Gasteiger partial charge in [0.2, 0.25) is 0 Å². The van der Waals surface area contributed by atoms with Gasteiger partial charge in [-0.3, -0.25) is 14.9 Å². The number of rotatable bonds is 12. The Bertz CT molecular complexity index is 1250. The first kappa shape index (κ1) is 28.4. The van der Waals surface area contributed by atoms with E-state index in [0.717, 1.165) is 22.4 Å². The van der Waals surface area contributed by atoms with Crippen molar-refractivity contribution < 1.29 is 24.1 Å². The van der Waals surface area contributed by atoms with Gasteiger partial charge in [0, 0.05) is 44.1 Å². The molecule has 0 radical (unpaired) electrons. The zero-order chi connectivity index (χ0) is 27.3. The van der Waals surface area contributed by atoms with Crippen LogP contribution in [0.5, 0.6) is 5.75 Å². The van der Waals surface area contributed by atoms with Gasteiger partial charge < -0.3 is 28.5 Å². The first-order valence-corrected chi connectivity index (χ1v) is 12.5. The lowest BCUT2D eigenvalue weighted by molar-refractivity contribution is -0.152. The molecule has 0 fully saturated rings. The third-order valence-electron chi connectivity index (χ3n) is 5.95. The molecular weight excluding hydrogens is 476 g/mol. The van der Waals surface area contributed by atoms with Crippen molar-refractivity contribution in [3.63, 3.8) is 0 Å². The number of benzene rings is 1. The molecule has 2 N–H and O–H groups in total. The number of aromatic nitrogens is 3. The zero-order valence-corrected chi connectivity index (χ0v) is 22.6. The van der Waals surface area contributed by atoms with Gasteiger partial charge in [0.05, 0.1) is 35.9 Å². The second kappa shape index (κ2) is 12.4. The number of aryl methyl sites for hydroxylation is 2. The van der Waals surface area contributed by atoms with Crippen molar-refractivity contribution in [3.8, 4) is 17.1 Å². The molecule has 0 bridgehead atoms. The standard InChI is InChI=1S/C27H38N4O6/c1-16(2)37-27(34)24(19(5)32)28-10-11-36-21-8-9-23-22(13-21)29-25(31(23)18(4)15-35-7)20-12-17(3)26(33)30(6)14-20/h8-9,12-14,16,18-19,24,28,32H,10-11,15H2,1-7H3/t18-,19-,24-/m0/s1. The van der Waals surface area contributed by atoms with Gasteiger partial charge in [-0.2, -0.15) is 0 Å². The summed E-state index contributed by atoms with van der Waals surface area (Å²) < 4.78 is 20.2. The Morgan fingerprint density at radius 3 is 2.54 bits per heavy atom. The average Bonchev–Trinajstić information content (AvgIpc) is 3.20. The van der Waals surface area contributed by atoms with E-state index < -0.39 is 18.1 Å². The SMILES string of the molecule is COC[C@H](C)n1c(-c2cc(C)c(=O)n(C)c2)nc2cc(OCCN[C@H](C(=O)OC(C)C)[C@H](C)O)ccc21. The number of pyridine rings is 1. The molecule has 0 saturated heterocycles. The largest absolute Gasteiger partial charge is 0.492 e. The van der Waals surface area contributed by atoms with E-state index in [4.69, 9.17) is 19.2 Å². The minimum Gasteiger partial charge on any atom is -0.492 e. The quantitative estimate of drug-likeness (QED) is 0.280. The monoisotopic (exact) mass is 514 g/mol. The molecule has 3 aromatic rings. The Kier molecular flexibility index (Phi) is 9.47. The first-order valence-electron chi connectivity index (χ1n) is 12.5. The summed E-state index contributed by atoms with van der Waals surface area (Å²) in [7, 11) is 3.39. The topological polar surface area (TPSA) is 117 Å². The smallest absolute Gasteiger partial charge is 0.326 e. The minimum absolute atomic E-state index is 0.00140. The molecule has 0 spiro atoms. The number of aliphatic hydroxyl groups is 1. The van der Waals surface area contributed by atoms with Crippen LogP contribution >= 0.6 is 0 Å². The van der Waals surface area contributed by atoms with Gasteiger partial charge >= 0.3 is 5.97 Å². The van der Waals surface area contributed by atoms with Gasteiger partial charge in [0.15, 0.2) is 0 Å². The summed E-state index contributed by atoms with van der Waals surface area (Å²) in [6, 6.07) is 6.71. The van der Waals surface area contributed by atoms with E-state index in [1.165, 1.54) is 0 Å². The molecule has 0 aliphatic carbocycles. The Hall–Kier alpha value is -3.21. The predicted molar refractivity (Wildman–Crippen MR) is 142 cm³/mol. The highest BCUT2D eigenvalue weighted by Crippen LogP contribution is 2.30. The summed E-state index contributed by atoms with van der Waals surface area (Å²) >= 11 is 0. The summed E-state index contributed by atoms with van der Waals surface area (Å²) in [6.45, 7) is 10.0. The van der Waals surface area contributed by atoms with Crippen LogP contribution in [0.15, 0.2) is 35.3 Å². The maximum absolute atomic E-state index is 12.2. The highest BCUT2D eigenvalue weighted by molar-refractivity contribution is 5.82. The Balaban J connectivity index is 1.82. The lowest BCUT2D eigenvalue weighted by Gasteiger charge is -2.21. The summed E-state index contributed by atoms with van der Waals surface area (Å²) in [6.07, 6.45) is 0.623. The highest BCUT2D eigenvalue weighted by Gasteiger charge is 2.25. The van der Waals surface area contributed by atoms with E-state index >= 15 is 0 Å². The number of aliphatic hydroxyl groups excluding tert-OH is 1. The molecule has 10 nitrogen and oxygen atoms in total. The number of ether oxygens (including phenoxy) is 3. The molecule has 202 valence electrons. The van der Waals surface area contributed by atoms with Crippen LogP contribution in [0.3, 0.4) is 0 Å². The molecule has 1 aromatic carbocycles. The van der Waals surface area contributed by atoms with Gasteiger partial charge in [0.25, 0.3) is 5.56 Å². The highest BCUT2D eigenvalue weighted by atomic mass is 16.5. The van der Waals surface area contributed by atoms with Gasteiger partial charge in [-0.1, -0.05) is 0 Å². The fourth-order valence-corrected chi connectivity index (χ4v) is 4.27. The van der Waals surface area contributed by atoms with Gasteiger partial charge in [-0.15, -0.1) is 0 Å². The lowest BCUT2D eigenvalue weighted by Crippen LogP contribution is -2.47. The maximum Gasteiger partial charge on any atom is 0.326 e. The van der Waals surface area contributed by atoms with E-state index in [-0.39, 0.29) is 24.3 Å². The second-order valence-corrected chi connectivity index (χ2v) is 9.59. The normalized spacial score (nSPS) is 14.1. The van der Waals surface area contributed by atoms with E-state index in [2.05, 4.69) is 16.8 Å². The van der Waals surface area contributed by atoms with Crippen LogP contribution < -0.4 is 15.6 Å². The Morgan fingerprint density at radius 2 is 1.92 bits per heavy atom. The van der Waals surface area contributed by atoms with Crippen molar-refractivity contribution in [2.75, 3.05) is 26.9 Å². The Morgan fingerprint density at radius 1 is 1.19 bits per heavy atom. The number of imidazole rings is 1. The third kappa shape index (κ3) is 6.76. The maximum atomic E-state index is 12.2. The molecular formula is C27H38N4O6. The van der Waals surface area contributed by atoms with Crippen molar-refractivity contribution in [3.05, 3.63) is 46.4 Å². The van der Waals surface area contributed by atoms with Crippen LogP contribution in [-0.4, -0.2) is 70.3 Å². The van der Waals surface area contributed by atoms with Gasteiger partial charge in [-0.25, -0.2) is 4.98 Å². The van der Waals surface area contributed by atoms with E-state index in [0.29, 0.717) is 24.5 Å². The number of hydrogen-bond donors (Lipinski definition) is 2. The van der Waals surface area contributed by atoms with Gasteiger partial charge in [-0.05, 0) is 52.8 Å². The molecule has 0 saturated carbocycles. The van der Waals surface area contributed by atoms with Crippen LogP contribution in [-0.2, 0) is 21.3 Å². The van der Waals surface area contributed by atoms with Crippen molar-refractivity contribution in [2.24, 2.45) is 7.05 Å². The van der Waals surface area contributed by atoms with Crippen LogP contribution in [0.25, 0.3) is 22.4 Å². The number of hydrogen-bond acceptors (Lipinski definition) is 8. The van der Waals surface area contributed by atoms with Crippen molar-refractivity contribution >= 4 is 17.0 Å². The predicted octanol–water partition coefficient (Wildman–Crippen LogP) is 2.59. The minimum atomic E-state index is -0.903. The molecule has 0 aliphatic heterocycles. The fraction of sp³-hybridized carbons (Fsp3) is 0.519. The zero-order valence-electron chi connectivity index (χ0n) is 22.6. The number of carbonyl (C=O) groups is 1. The summed E-state index contributed by atoms with van der Waals surface area (Å²) in [5, 5.41) is 12.9. The number of methoxy groups -OCH3 is 1. The van der Waals surface area contributed by atoms with Crippen LogP contribution in [0.4, 0.5) is 0 Å². The first-order chi connectivity index (χ1) is 17.5. The van der Waals surface area contributed by atoms with Crippen molar-refractivity contribution in [2.45, 2.75) is 58.9 Å². The van der Waals surface area contributed by atoms with Crippen LogP contribution in [0, 0.1) is 6.92 Å². The third-order valence-corrected chi connectivity index (χ3v) is 5.95. The van der Waals surface area contributed by atoms with Gasteiger partial charge in [0.1, 0.15) is 24.2 Å². The number of fused-ring (bicyclic) bond motifs is 1. The number of nitrogens with zero attached hydrogens (tertiary/aromatic N) is 3. The number of nitrogens with one attached hydrogen (secondary N) is 1. The van der Waals surface area contributed by atoms with Crippen molar-refractivity contribution in [1.29, 1.82) is 0 Å². The molecule has 2 heterocycles. The van der Waals surface area contributed by atoms with E-state index in [1.807, 2.05) is 24.3 Å². The molecule has 10 heteroatoms. The summed E-state index contributed by atoms with van der Waals surface area (Å²) in [4.78, 5) is 29.3. The lowest BCUT2D eigenvalue weighted by atomic mass is 10.2. The second-order valence-electron chi connectivity index (χ2n) is 9.59. The molecule has 0 unspecified atom stereocenters. The summed E-state index contributed by atoms with van der Waals surface area (Å²) in [5.74, 6) is 0.865. The van der Waals surface area contributed by atoms with E-state index in [9.17, 15) is 14.7 Å². The molecule has 0 aliphatic rings. The molecule has 0 amide bonds. The number of carbonyl (C=O) groups excluding carboxylic acids is 1. The van der Waals surface area contributed by atoms with Crippen LogP contribution in [0.2, 0.25) is 0 Å². The summed E-state index contributed by atoms with van der Waals surface area (Å²) in [5.41, 5.74) is 3.10. The Labute approximate surface area is 217 Å². The molecule has 3 atom stereocenters. The van der Waals surface area contributed by atoms with E-state index in [1.54, 1.807) is 52.6 Å². The molecule has 37 heavy (non-hydrogen) atoms. The molecule has 3 rings (SSSR count). The van der Waals surface area contributed by atoms with Crippen LogP contribution in [0.1, 0.15) is 39.3 Å². The van der Waals surface area contributed by atoms with Crippen molar-refractivity contribution in [1.82, 2.24) is 19.4 Å². The average molecular weight is 515 g/mol. The fourth-order valence-electron chi connectivity index (χ4n) is 4.27. The number of esters is 1. The molecule has 2 aromatic heterocycles.